The molecule has 1 aliphatic heterocycles. The fourth-order valence-electron chi connectivity index (χ4n) is 4.15. The Morgan fingerprint density at radius 3 is 2.00 bits per heavy atom. The molecule has 31 heavy (non-hydrogen) atoms. The molecular formula is C27H27FN2O. The molecule has 1 saturated heterocycles. The van der Waals surface area contributed by atoms with E-state index in [1.165, 1.54) is 23.3 Å². The molecule has 1 heterocycles. The molecule has 1 amide bonds. The van der Waals surface area contributed by atoms with Crippen LogP contribution in [0.3, 0.4) is 0 Å². The van der Waals surface area contributed by atoms with Gasteiger partial charge in [-0.25, -0.2) is 4.39 Å². The molecule has 0 bridgehead atoms. The predicted molar refractivity (Wildman–Crippen MR) is 123 cm³/mol. The Labute approximate surface area is 183 Å². The standard InChI is InChI=1S/C27H27FN2O/c28-25-15-12-22(13-16-25)14-17-26(31)29-18-7-19-30(21-20-29)27(23-8-3-1-4-9-23)24-10-5-2-6-11-24/h1-6,8-17,27H,7,18-21H2/b17-14+. The molecule has 0 saturated carbocycles. The minimum absolute atomic E-state index is 0.00199. The SMILES string of the molecule is O=C(/C=C/c1ccc(F)cc1)N1CCCN(C(c2ccccc2)c2ccccc2)CC1. The Balaban J connectivity index is 1.46. The van der Waals surface area contributed by atoms with Crippen molar-refractivity contribution >= 4 is 12.0 Å². The third-order valence-electron chi connectivity index (χ3n) is 5.73. The van der Waals surface area contributed by atoms with E-state index in [0.717, 1.165) is 31.6 Å². The van der Waals surface area contributed by atoms with Gasteiger partial charge in [-0.15, -0.1) is 0 Å². The summed E-state index contributed by atoms with van der Waals surface area (Å²) >= 11 is 0. The summed E-state index contributed by atoms with van der Waals surface area (Å²) < 4.78 is 13.1. The lowest BCUT2D eigenvalue weighted by Crippen LogP contribution is -2.36. The molecule has 4 rings (SSSR count). The second-order valence-electron chi connectivity index (χ2n) is 7.82. The van der Waals surface area contributed by atoms with Crippen molar-refractivity contribution in [1.82, 2.24) is 9.80 Å². The maximum Gasteiger partial charge on any atom is 0.246 e. The second kappa shape index (κ2) is 10.2. The van der Waals surface area contributed by atoms with Gasteiger partial charge in [0.1, 0.15) is 5.82 Å². The van der Waals surface area contributed by atoms with Gasteiger partial charge in [-0.2, -0.15) is 0 Å². The van der Waals surface area contributed by atoms with E-state index >= 15 is 0 Å². The normalized spacial score (nSPS) is 15.4. The number of amides is 1. The van der Waals surface area contributed by atoms with E-state index in [1.54, 1.807) is 24.3 Å². The Bertz CT molecular complexity index is 963. The summed E-state index contributed by atoms with van der Waals surface area (Å²) in [4.78, 5) is 17.1. The molecule has 1 fully saturated rings. The van der Waals surface area contributed by atoms with E-state index in [4.69, 9.17) is 0 Å². The van der Waals surface area contributed by atoms with Gasteiger partial charge >= 0.3 is 0 Å². The van der Waals surface area contributed by atoms with Gasteiger partial charge in [-0.05, 0) is 41.3 Å². The summed E-state index contributed by atoms with van der Waals surface area (Å²) in [6, 6.07) is 27.5. The summed E-state index contributed by atoms with van der Waals surface area (Å²) in [6.45, 7) is 3.16. The second-order valence-corrected chi connectivity index (χ2v) is 7.82. The largest absolute Gasteiger partial charge is 0.338 e. The molecular weight excluding hydrogens is 387 g/mol. The fourth-order valence-corrected chi connectivity index (χ4v) is 4.15. The summed E-state index contributed by atoms with van der Waals surface area (Å²) in [6.07, 6.45) is 4.27. The van der Waals surface area contributed by atoms with Crippen LogP contribution < -0.4 is 0 Å². The van der Waals surface area contributed by atoms with Crippen LogP contribution in [0.4, 0.5) is 4.39 Å². The Hall–Kier alpha value is -3.24. The summed E-state index contributed by atoms with van der Waals surface area (Å²) in [7, 11) is 0. The van der Waals surface area contributed by atoms with Gasteiger partial charge in [-0.3, -0.25) is 9.69 Å². The van der Waals surface area contributed by atoms with Gasteiger partial charge in [0.25, 0.3) is 0 Å². The predicted octanol–water partition coefficient (Wildman–Crippen LogP) is 5.16. The van der Waals surface area contributed by atoms with Crippen LogP contribution in [-0.2, 0) is 4.79 Å². The third kappa shape index (κ3) is 5.47. The van der Waals surface area contributed by atoms with Crippen molar-refractivity contribution in [3.8, 4) is 0 Å². The average molecular weight is 415 g/mol. The quantitative estimate of drug-likeness (QED) is 0.538. The number of hydrogen-bond donors (Lipinski definition) is 0. The summed E-state index contributed by atoms with van der Waals surface area (Å²) in [5.41, 5.74) is 3.36. The van der Waals surface area contributed by atoms with Gasteiger partial charge in [-0.1, -0.05) is 72.8 Å². The molecule has 0 unspecified atom stereocenters. The first kappa shape index (κ1) is 21.0. The molecule has 0 spiro atoms. The highest BCUT2D eigenvalue weighted by molar-refractivity contribution is 5.91. The molecule has 3 aromatic carbocycles. The van der Waals surface area contributed by atoms with Gasteiger partial charge < -0.3 is 4.90 Å². The lowest BCUT2D eigenvalue weighted by molar-refractivity contribution is -0.125. The maximum atomic E-state index is 13.1. The number of benzene rings is 3. The number of hydrogen-bond acceptors (Lipinski definition) is 2. The highest BCUT2D eigenvalue weighted by Gasteiger charge is 2.25. The smallest absolute Gasteiger partial charge is 0.246 e. The number of carbonyl (C=O) groups excluding carboxylic acids is 1. The van der Waals surface area contributed by atoms with Crippen LogP contribution in [-0.4, -0.2) is 41.9 Å². The summed E-state index contributed by atoms with van der Waals surface area (Å²) in [5.74, 6) is -0.274. The molecule has 3 nitrogen and oxygen atoms in total. The van der Waals surface area contributed by atoms with E-state index in [2.05, 4.69) is 53.4 Å². The third-order valence-corrected chi connectivity index (χ3v) is 5.73. The molecule has 0 N–H and O–H groups in total. The van der Waals surface area contributed by atoms with E-state index in [1.807, 2.05) is 17.0 Å². The molecule has 1 aliphatic rings. The number of carbonyl (C=O) groups is 1. The van der Waals surface area contributed by atoms with Crippen molar-refractivity contribution in [1.29, 1.82) is 0 Å². The molecule has 0 aromatic heterocycles. The van der Waals surface area contributed by atoms with Crippen molar-refractivity contribution < 1.29 is 9.18 Å². The zero-order valence-corrected chi connectivity index (χ0v) is 17.5. The van der Waals surface area contributed by atoms with E-state index in [0.29, 0.717) is 6.54 Å². The highest BCUT2D eigenvalue weighted by Crippen LogP contribution is 2.29. The van der Waals surface area contributed by atoms with Crippen LogP contribution >= 0.6 is 0 Å². The average Bonchev–Trinajstić information content (AvgIpc) is 3.06. The van der Waals surface area contributed by atoms with Gasteiger partial charge in [0.05, 0.1) is 6.04 Å². The fraction of sp³-hybridized carbons (Fsp3) is 0.222. The minimum atomic E-state index is -0.275. The molecule has 4 heteroatoms. The van der Waals surface area contributed by atoms with Crippen LogP contribution in [0.1, 0.15) is 29.2 Å². The van der Waals surface area contributed by atoms with E-state index in [9.17, 15) is 9.18 Å². The topological polar surface area (TPSA) is 23.6 Å². The molecule has 0 radical (unpaired) electrons. The first-order valence-corrected chi connectivity index (χ1v) is 10.8. The van der Waals surface area contributed by atoms with Crippen molar-refractivity contribution in [2.75, 3.05) is 26.2 Å². The lowest BCUT2D eigenvalue weighted by Gasteiger charge is -2.31. The van der Waals surface area contributed by atoms with Crippen LogP contribution in [0.25, 0.3) is 6.08 Å². The van der Waals surface area contributed by atoms with Gasteiger partial charge in [0.2, 0.25) is 5.91 Å². The zero-order chi connectivity index (χ0) is 21.5. The molecule has 3 aromatic rings. The Morgan fingerprint density at radius 2 is 1.39 bits per heavy atom. The van der Waals surface area contributed by atoms with Gasteiger partial charge in [0.15, 0.2) is 0 Å². The Morgan fingerprint density at radius 1 is 0.774 bits per heavy atom. The monoisotopic (exact) mass is 414 g/mol. The first-order valence-electron chi connectivity index (χ1n) is 10.8. The molecule has 158 valence electrons. The number of rotatable bonds is 5. The van der Waals surface area contributed by atoms with Crippen molar-refractivity contribution in [2.45, 2.75) is 12.5 Å². The van der Waals surface area contributed by atoms with E-state index < -0.39 is 0 Å². The summed E-state index contributed by atoms with van der Waals surface area (Å²) in [5, 5.41) is 0. The zero-order valence-electron chi connectivity index (χ0n) is 17.5. The minimum Gasteiger partial charge on any atom is -0.338 e. The molecule has 0 atom stereocenters. The van der Waals surface area contributed by atoms with Crippen LogP contribution in [0.2, 0.25) is 0 Å². The van der Waals surface area contributed by atoms with Crippen molar-refractivity contribution in [3.63, 3.8) is 0 Å². The van der Waals surface area contributed by atoms with Crippen LogP contribution in [0, 0.1) is 5.82 Å². The maximum absolute atomic E-state index is 13.1. The highest BCUT2D eigenvalue weighted by atomic mass is 19.1. The first-order chi connectivity index (χ1) is 15.2. The molecule has 0 aliphatic carbocycles. The van der Waals surface area contributed by atoms with Crippen LogP contribution in [0.5, 0.6) is 0 Å². The number of nitrogens with zero attached hydrogens (tertiary/aromatic N) is 2. The van der Waals surface area contributed by atoms with E-state index in [-0.39, 0.29) is 17.8 Å². The van der Waals surface area contributed by atoms with Crippen molar-refractivity contribution in [2.24, 2.45) is 0 Å². The van der Waals surface area contributed by atoms with Gasteiger partial charge in [0, 0.05) is 32.3 Å². The number of halogens is 1. The lowest BCUT2D eigenvalue weighted by atomic mass is 9.97. The Kier molecular flexibility index (Phi) is 6.90. The van der Waals surface area contributed by atoms with Crippen molar-refractivity contribution in [3.05, 3.63) is 114 Å². The van der Waals surface area contributed by atoms with Crippen LogP contribution in [0.15, 0.2) is 91.0 Å².